The van der Waals surface area contributed by atoms with Crippen LogP contribution in [0.4, 0.5) is 4.39 Å². The van der Waals surface area contributed by atoms with Gasteiger partial charge in [0, 0.05) is 9.68 Å². The van der Waals surface area contributed by atoms with Gasteiger partial charge in [0.25, 0.3) is 0 Å². The Bertz CT molecular complexity index is 397. The Morgan fingerprint density at radius 3 is 2.93 bits per heavy atom. The van der Waals surface area contributed by atoms with Gasteiger partial charge in [-0.25, -0.2) is 4.39 Å². The van der Waals surface area contributed by atoms with Crippen molar-refractivity contribution in [1.82, 2.24) is 5.32 Å². The van der Waals surface area contributed by atoms with Crippen LogP contribution in [0.15, 0.2) is 24.3 Å². The van der Waals surface area contributed by atoms with Gasteiger partial charge in [-0.1, -0.05) is 12.1 Å². The van der Waals surface area contributed by atoms with Gasteiger partial charge in [-0.3, -0.25) is 4.79 Å². The SMILES string of the molecule is Cl.[2H]C([2H])([2H])NC(C)C(=O)c1cccc(F)c1. The summed E-state index contributed by atoms with van der Waals surface area (Å²) in [6.07, 6.45) is 0. The number of carbonyl (C=O) groups is 1. The minimum absolute atomic E-state index is 0. The first-order valence-electron chi connectivity index (χ1n) is 5.37. The molecule has 14 heavy (non-hydrogen) atoms. The van der Waals surface area contributed by atoms with Crippen LogP contribution in [-0.2, 0) is 0 Å². The van der Waals surface area contributed by atoms with Crippen molar-refractivity contribution >= 4 is 18.2 Å². The fourth-order valence-electron chi connectivity index (χ4n) is 0.957. The summed E-state index contributed by atoms with van der Waals surface area (Å²) in [5.74, 6) is -0.970. The van der Waals surface area contributed by atoms with E-state index in [1.165, 1.54) is 25.1 Å². The van der Waals surface area contributed by atoms with E-state index in [0.717, 1.165) is 6.07 Å². The second kappa shape index (κ2) is 5.73. The maximum Gasteiger partial charge on any atom is 0.179 e. The van der Waals surface area contributed by atoms with Gasteiger partial charge in [-0.15, -0.1) is 12.4 Å². The van der Waals surface area contributed by atoms with E-state index in [9.17, 15) is 9.18 Å². The number of hydrogen-bond donors (Lipinski definition) is 1. The van der Waals surface area contributed by atoms with Gasteiger partial charge in [-0.2, -0.15) is 0 Å². The second-order valence-electron chi connectivity index (χ2n) is 2.74. The van der Waals surface area contributed by atoms with Crippen LogP contribution < -0.4 is 5.32 Å². The smallest absolute Gasteiger partial charge is 0.179 e. The normalized spacial score (nSPS) is 15.7. The molecule has 1 unspecified atom stereocenters. The number of benzene rings is 1. The zero-order chi connectivity index (χ0) is 12.3. The molecule has 2 nitrogen and oxygen atoms in total. The minimum Gasteiger partial charge on any atom is -0.310 e. The molecular formula is C10H13ClFNO. The van der Waals surface area contributed by atoms with Gasteiger partial charge >= 0.3 is 0 Å². The standard InChI is InChI=1S/C10H12FNO.ClH/c1-7(12-2)10(13)8-4-3-5-9(11)6-8;/h3-7,12H,1-2H3;1H/i2D3;. The number of halogens is 2. The molecule has 1 atom stereocenters. The summed E-state index contributed by atoms with van der Waals surface area (Å²) in [6, 6.07) is 4.28. The Balaban J connectivity index is 0.00000256. The molecule has 0 aliphatic carbocycles. The molecule has 0 fully saturated rings. The van der Waals surface area contributed by atoms with Crippen molar-refractivity contribution in [2.24, 2.45) is 0 Å². The monoisotopic (exact) mass is 220 g/mol. The lowest BCUT2D eigenvalue weighted by Gasteiger charge is -2.08. The van der Waals surface area contributed by atoms with Crippen LogP contribution in [0.25, 0.3) is 0 Å². The highest BCUT2D eigenvalue weighted by atomic mass is 35.5. The number of ketones is 1. The van der Waals surface area contributed by atoms with Crippen LogP contribution in [0.1, 0.15) is 21.4 Å². The zero-order valence-electron chi connectivity index (χ0n) is 10.6. The van der Waals surface area contributed by atoms with Crippen molar-refractivity contribution in [2.75, 3.05) is 6.98 Å². The number of hydrogen-bond acceptors (Lipinski definition) is 2. The lowest BCUT2D eigenvalue weighted by Crippen LogP contribution is -2.30. The third-order valence-electron chi connectivity index (χ3n) is 1.72. The average molecular weight is 221 g/mol. The molecule has 0 saturated heterocycles. The molecule has 0 amide bonds. The summed E-state index contributed by atoms with van der Waals surface area (Å²) >= 11 is 0. The molecule has 1 aromatic carbocycles. The van der Waals surface area contributed by atoms with Crippen LogP contribution in [0, 0.1) is 5.82 Å². The molecule has 0 radical (unpaired) electrons. The van der Waals surface area contributed by atoms with E-state index in [4.69, 9.17) is 4.11 Å². The first kappa shape index (κ1) is 8.38. The Morgan fingerprint density at radius 2 is 2.36 bits per heavy atom. The zero-order valence-corrected chi connectivity index (χ0v) is 8.40. The number of nitrogens with one attached hydrogen (secondary N) is 1. The van der Waals surface area contributed by atoms with Gasteiger partial charge in [0.05, 0.1) is 6.04 Å². The number of rotatable bonds is 3. The predicted molar refractivity (Wildman–Crippen MR) is 56.5 cm³/mol. The molecule has 0 spiro atoms. The number of likely N-dealkylation sites (N-methyl/N-ethyl adjacent to an activating group) is 1. The summed E-state index contributed by atoms with van der Waals surface area (Å²) in [5.41, 5.74) is 0.157. The molecule has 0 aromatic heterocycles. The van der Waals surface area contributed by atoms with E-state index >= 15 is 0 Å². The van der Waals surface area contributed by atoms with Gasteiger partial charge in [-0.05, 0) is 26.0 Å². The fraction of sp³-hybridized carbons (Fsp3) is 0.300. The summed E-state index contributed by atoms with van der Waals surface area (Å²) < 4.78 is 33.7. The van der Waals surface area contributed by atoms with Gasteiger partial charge in [0.2, 0.25) is 0 Å². The fourth-order valence-corrected chi connectivity index (χ4v) is 0.957. The largest absolute Gasteiger partial charge is 0.310 e. The van der Waals surface area contributed by atoms with Crippen LogP contribution >= 0.6 is 12.4 Å². The van der Waals surface area contributed by atoms with Gasteiger partial charge in [0.1, 0.15) is 5.82 Å². The van der Waals surface area contributed by atoms with Gasteiger partial charge in [0.15, 0.2) is 5.78 Å². The molecule has 1 N–H and O–H groups in total. The molecule has 0 aliphatic heterocycles. The maximum atomic E-state index is 12.8. The lowest BCUT2D eigenvalue weighted by atomic mass is 10.1. The summed E-state index contributed by atoms with van der Waals surface area (Å²) in [4.78, 5) is 11.7. The highest BCUT2D eigenvalue weighted by Crippen LogP contribution is 2.06. The Hall–Kier alpha value is -0.930. The lowest BCUT2D eigenvalue weighted by molar-refractivity contribution is 0.0954. The second-order valence-corrected chi connectivity index (χ2v) is 2.74. The van der Waals surface area contributed by atoms with E-state index in [0.29, 0.717) is 0 Å². The highest BCUT2D eigenvalue weighted by molar-refractivity contribution is 5.99. The maximum absolute atomic E-state index is 12.8. The van der Waals surface area contributed by atoms with Crippen LogP contribution in [0.3, 0.4) is 0 Å². The minimum atomic E-state index is -2.39. The quantitative estimate of drug-likeness (QED) is 0.790. The van der Waals surface area contributed by atoms with E-state index in [-0.39, 0.29) is 18.0 Å². The summed E-state index contributed by atoms with van der Waals surface area (Å²) in [7, 11) is 0. The first-order chi connectivity index (χ1) is 7.29. The average Bonchev–Trinajstić information content (AvgIpc) is 2.14. The Labute approximate surface area is 93.1 Å². The topological polar surface area (TPSA) is 29.1 Å². The van der Waals surface area contributed by atoms with Crippen molar-refractivity contribution in [3.05, 3.63) is 35.6 Å². The van der Waals surface area contributed by atoms with Crippen molar-refractivity contribution < 1.29 is 13.3 Å². The molecule has 0 bridgehead atoms. The molecular weight excluding hydrogens is 205 g/mol. The van der Waals surface area contributed by atoms with Crippen LogP contribution in [0.2, 0.25) is 0 Å². The third-order valence-corrected chi connectivity index (χ3v) is 1.72. The summed E-state index contributed by atoms with van der Waals surface area (Å²) in [6.45, 7) is -0.956. The van der Waals surface area contributed by atoms with Gasteiger partial charge < -0.3 is 5.32 Å². The van der Waals surface area contributed by atoms with E-state index < -0.39 is 24.6 Å². The Kier molecular flexibility index (Phi) is 3.43. The molecule has 1 aromatic rings. The predicted octanol–water partition coefficient (Wildman–Crippen LogP) is 2.04. The molecule has 0 heterocycles. The van der Waals surface area contributed by atoms with Crippen molar-refractivity contribution in [3.8, 4) is 0 Å². The van der Waals surface area contributed by atoms with Crippen LogP contribution in [-0.4, -0.2) is 18.8 Å². The molecule has 78 valence electrons. The highest BCUT2D eigenvalue weighted by Gasteiger charge is 2.12. The van der Waals surface area contributed by atoms with E-state index in [2.05, 4.69) is 5.32 Å². The molecule has 4 heteroatoms. The number of Topliss-reactive ketones (excluding diaryl/α,β-unsaturated/α-hetero) is 1. The number of carbonyl (C=O) groups excluding carboxylic acids is 1. The Morgan fingerprint density at radius 1 is 1.64 bits per heavy atom. The van der Waals surface area contributed by atoms with E-state index in [1.807, 2.05) is 0 Å². The van der Waals surface area contributed by atoms with Crippen LogP contribution in [0.5, 0.6) is 0 Å². The van der Waals surface area contributed by atoms with Crippen molar-refractivity contribution in [2.45, 2.75) is 13.0 Å². The molecule has 0 saturated carbocycles. The van der Waals surface area contributed by atoms with Crippen molar-refractivity contribution in [1.29, 1.82) is 0 Å². The molecule has 1 rings (SSSR count). The first-order valence-corrected chi connectivity index (χ1v) is 3.87. The van der Waals surface area contributed by atoms with E-state index in [1.54, 1.807) is 0 Å². The van der Waals surface area contributed by atoms with Crippen molar-refractivity contribution in [3.63, 3.8) is 0 Å². The third kappa shape index (κ3) is 3.09. The molecule has 0 aliphatic rings. The summed E-state index contributed by atoms with van der Waals surface area (Å²) in [5, 5.41) is 2.16.